The number of rotatable bonds is 4. The molecule has 0 aliphatic carbocycles. The van der Waals surface area contributed by atoms with Crippen LogP contribution in [0.1, 0.15) is 34.5 Å². The summed E-state index contributed by atoms with van der Waals surface area (Å²) >= 11 is 7.33. The van der Waals surface area contributed by atoms with Crippen LogP contribution in [0.15, 0.2) is 23.4 Å². The number of aryl methyl sites for hydroxylation is 1. The van der Waals surface area contributed by atoms with Gasteiger partial charge in [-0.2, -0.15) is 0 Å². The van der Waals surface area contributed by atoms with Crippen molar-refractivity contribution in [3.63, 3.8) is 0 Å². The zero-order valence-electron chi connectivity index (χ0n) is 15.4. The summed E-state index contributed by atoms with van der Waals surface area (Å²) in [5, 5.41) is 8.68. The molecule has 6 nitrogen and oxygen atoms in total. The number of pyridine rings is 2. The molecule has 0 unspecified atom stereocenters. The second-order valence-electron chi connectivity index (χ2n) is 6.66. The number of hydrogen-bond acceptors (Lipinski definition) is 6. The number of carbonyl (C=O) groups excluding carboxylic acids is 1. The summed E-state index contributed by atoms with van der Waals surface area (Å²) in [6.45, 7) is 3.67. The lowest BCUT2D eigenvalue weighted by Gasteiger charge is -2.34. The van der Waals surface area contributed by atoms with E-state index in [0.717, 1.165) is 11.9 Å². The van der Waals surface area contributed by atoms with Crippen molar-refractivity contribution in [3.8, 4) is 0 Å². The molecule has 2 aromatic rings. The van der Waals surface area contributed by atoms with Gasteiger partial charge in [-0.1, -0.05) is 11.6 Å². The number of nitrogens with two attached hydrogens (primary N) is 1. The zero-order valence-corrected chi connectivity index (χ0v) is 17.0. The van der Waals surface area contributed by atoms with Gasteiger partial charge in [-0.3, -0.25) is 14.9 Å². The Balaban J connectivity index is 1.96. The van der Waals surface area contributed by atoms with Crippen molar-refractivity contribution in [3.05, 3.63) is 40.3 Å². The fourth-order valence-electron chi connectivity index (χ4n) is 3.10. The van der Waals surface area contributed by atoms with E-state index in [4.69, 9.17) is 16.7 Å². The summed E-state index contributed by atoms with van der Waals surface area (Å²) in [5.41, 5.74) is 1.84. The second kappa shape index (κ2) is 8.18. The highest BCUT2D eigenvalue weighted by Gasteiger charge is 2.36. The zero-order chi connectivity index (χ0) is 20.5. The van der Waals surface area contributed by atoms with Gasteiger partial charge in [-0.25, -0.2) is 13.8 Å². The first kappa shape index (κ1) is 20.8. The van der Waals surface area contributed by atoms with Crippen LogP contribution in [0.4, 0.5) is 20.3 Å². The molecular weight excluding hydrogens is 408 g/mol. The number of carbonyl (C=O) groups is 1. The van der Waals surface area contributed by atoms with Gasteiger partial charge in [0.1, 0.15) is 5.82 Å². The molecule has 1 amide bonds. The molecule has 0 bridgehead atoms. The fraction of sp³-hybridized carbons (Fsp3) is 0.389. The Bertz CT molecular complexity index is 902. The molecule has 3 heterocycles. The maximum absolute atomic E-state index is 13.6. The minimum atomic E-state index is -2.69. The molecule has 0 saturated carbocycles. The highest BCUT2D eigenvalue weighted by atomic mass is 35.5. The molecule has 28 heavy (non-hydrogen) atoms. The largest absolute Gasteiger partial charge is 0.355 e. The van der Waals surface area contributed by atoms with Gasteiger partial charge < -0.3 is 10.2 Å². The predicted octanol–water partition coefficient (Wildman–Crippen LogP) is 4.20. The quantitative estimate of drug-likeness (QED) is 0.711. The number of anilines is 2. The Hall–Kier alpha value is -1.97. The van der Waals surface area contributed by atoms with Crippen LogP contribution in [0.2, 0.25) is 5.02 Å². The van der Waals surface area contributed by atoms with Crippen LogP contribution in [-0.2, 0) is 0 Å². The summed E-state index contributed by atoms with van der Waals surface area (Å²) in [4.78, 5) is 23.9. The molecule has 0 aromatic carbocycles. The van der Waals surface area contributed by atoms with Crippen LogP contribution in [0, 0.1) is 13.8 Å². The van der Waals surface area contributed by atoms with E-state index < -0.39 is 11.8 Å². The van der Waals surface area contributed by atoms with E-state index in [9.17, 15) is 13.6 Å². The molecule has 1 aliphatic heterocycles. The van der Waals surface area contributed by atoms with Crippen molar-refractivity contribution in [2.45, 2.75) is 37.5 Å². The molecule has 1 aliphatic rings. The maximum atomic E-state index is 13.6. The molecule has 1 saturated heterocycles. The smallest absolute Gasteiger partial charge is 0.259 e. The number of halogens is 3. The highest BCUT2D eigenvalue weighted by Crippen LogP contribution is 2.35. The molecule has 3 N–H and O–H groups in total. The van der Waals surface area contributed by atoms with E-state index in [1.54, 1.807) is 31.0 Å². The third-order valence-corrected chi connectivity index (χ3v) is 5.70. The summed E-state index contributed by atoms with van der Waals surface area (Å²) in [5.74, 6) is -2.76. The van der Waals surface area contributed by atoms with Gasteiger partial charge in [0.05, 0.1) is 28.2 Å². The highest BCUT2D eigenvalue weighted by molar-refractivity contribution is 7.97. The molecule has 0 spiro atoms. The Morgan fingerprint density at radius 1 is 1.32 bits per heavy atom. The molecule has 3 rings (SSSR count). The van der Waals surface area contributed by atoms with E-state index >= 15 is 0 Å². The van der Waals surface area contributed by atoms with Gasteiger partial charge in [0.2, 0.25) is 0 Å². The molecule has 2 aromatic heterocycles. The molecule has 0 atom stereocenters. The SMILES string of the molecule is Cc1nc(N2CCC(F)(F)CC2)c(C(=O)Nc2cncc(SN)c2)c(C)c1Cl. The third kappa shape index (κ3) is 4.37. The number of nitrogens with one attached hydrogen (secondary N) is 1. The summed E-state index contributed by atoms with van der Waals surface area (Å²) in [6.07, 6.45) is 2.51. The number of amides is 1. The van der Waals surface area contributed by atoms with Gasteiger partial charge in [0.15, 0.2) is 0 Å². The molecular formula is C18H20ClF2N5OS. The Kier molecular flexibility index (Phi) is 6.07. The predicted molar refractivity (Wildman–Crippen MR) is 107 cm³/mol. The van der Waals surface area contributed by atoms with Gasteiger partial charge in [-0.05, 0) is 37.4 Å². The second-order valence-corrected chi connectivity index (χ2v) is 7.74. The summed E-state index contributed by atoms with van der Waals surface area (Å²) in [6, 6.07) is 1.69. The van der Waals surface area contributed by atoms with E-state index in [1.807, 2.05) is 0 Å². The van der Waals surface area contributed by atoms with Gasteiger partial charge in [-0.15, -0.1) is 0 Å². The number of alkyl halides is 2. The van der Waals surface area contributed by atoms with Crippen LogP contribution in [-0.4, -0.2) is 34.9 Å². The van der Waals surface area contributed by atoms with E-state index in [2.05, 4.69) is 15.3 Å². The van der Waals surface area contributed by atoms with Crippen molar-refractivity contribution >= 4 is 41.0 Å². The summed E-state index contributed by atoms with van der Waals surface area (Å²) in [7, 11) is 0. The van der Waals surface area contributed by atoms with Gasteiger partial charge >= 0.3 is 0 Å². The molecule has 150 valence electrons. The van der Waals surface area contributed by atoms with Crippen LogP contribution < -0.4 is 15.4 Å². The fourth-order valence-corrected chi connectivity index (χ4v) is 3.56. The molecule has 0 radical (unpaired) electrons. The first-order valence-corrected chi connectivity index (χ1v) is 9.90. The van der Waals surface area contributed by atoms with Crippen LogP contribution in [0.25, 0.3) is 0 Å². The Morgan fingerprint density at radius 2 is 2.00 bits per heavy atom. The average molecular weight is 428 g/mol. The Morgan fingerprint density at radius 3 is 2.64 bits per heavy atom. The van der Waals surface area contributed by atoms with Crippen molar-refractivity contribution in [2.24, 2.45) is 5.14 Å². The third-order valence-electron chi connectivity index (χ3n) is 4.65. The lowest BCUT2D eigenvalue weighted by Crippen LogP contribution is -2.41. The first-order chi connectivity index (χ1) is 13.2. The number of nitrogens with zero attached hydrogens (tertiary/aromatic N) is 3. The average Bonchev–Trinajstić information content (AvgIpc) is 2.66. The van der Waals surface area contributed by atoms with Crippen LogP contribution >= 0.6 is 23.5 Å². The number of piperidine rings is 1. The standard InChI is InChI=1S/C18H20ClF2N5OS/c1-10-14(17(27)25-12-7-13(28-22)9-23-8-12)16(24-11(2)15(10)19)26-5-3-18(20,21)4-6-26/h7-9H,3-6,22H2,1-2H3,(H,25,27). The van der Waals surface area contributed by atoms with E-state index in [-0.39, 0.29) is 31.5 Å². The summed E-state index contributed by atoms with van der Waals surface area (Å²) < 4.78 is 27.1. The normalized spacial score (nSPS) is 16.1. The maximum Gasteiger partial charge on any atom is 0.259 e. The lowest BCUT2D eigenvalue weighted by atomic mass is 10.0. The number of hydrogen-bond donors (Lipinski definition) is 2. The molecule has 1 fully saturated rings. The van der Waals surface area contributed by atoms with Crippen LogP contribution in [0.5, 0.6) is 0 Å². The van der Waals surface area contributed by atoms with Gasteiger partial charge in [0.25, 0.3) is 11.8 Å². The minimum absolute atomic E-state index is 0.113. The Labute approximate surface area is 171 Å². The van der Waals surface area contributed by atoms with Crippen LogP contribution in [0.3, 0.4) is 0 Å². The van der Waals surface area contributed by atoms with Crippen molar-refractivity contribution in [2.75, 3.05) is 23.3 Å². The van der Waals surface area contributed by atoms with E-state index in [0.29, 0.717) is 32.7 Å². The van der Waals surface area contributed by atoms with Gasteiger partial charge in [0, 0.05) is 37.0 Å². The lowest BCUT2D eigenvalue weighted by molar-refractivity contribution is -0.0221. The number of aromatic nitrogens is 2. The topological polar surface area (TPSA) is 84.1 Å². The minimum Gasteiger partial charge on any atom is -0.355 e. The first-order valence-electron chi connectivity index (χ1n) is 8.64. The van der Waals surface area contributed by atoms with Crippen molar-refractivity contribution in [1.82, 2.24) is 9.97 Å². The molecule has 10 heteroatoms. The van der Waals surface area contributed by atoms with Crippen molar-refractivity contribution < 1.29 is 13.6 Å². The van der Waals surface area contributed by atoms with Crippen molar-refractivity contribution in [1.29, 1.82) is 0 Å². The van der Waals surface area contributed by atoms with E-state index in [1.165, 1.54) is 6.20 Å². The monoisotopic (exact) mass is 427 g/mol.